The van der Waals surface area contributed by atoms with E-state index in [0.29, 0.717) is 5.75 Å². The van der Waals surface area contributed by atoms with E-state index in [0.717, 1.165) is 32.2 Å². The van der Waals surface area contributed by atoms with E-state index in [9.17, 15) is 9.90 Å². The summed E-state index contributed by atoms with van der Waals surface area (Å²) in [5.74, 6) is 0.650. The highest BCUT2D eigenvalue weighted by atomic mass is 32.2. The van der Waals surface area contributed by atoms with E-state index in [2.05, 4.69) is 29.3 Å². The van der Waals surface area contributed by atoms with Gasteiger partial charge in [0.1, 0.15) is 10.8 Å². The molecule has 0 aromatic heterocycles. The molecule has 4 aromatic rings. The average molecular weight is 317 g/mol. The van der Waals surface area contributed by atoms with E-state index in [1.807, 2.05) is 12.1 Å². The van der Waals surface area contributed by atoms with Crippen LogP contribution in [-0.2, 0) is 4.79 Å². The van der Waals surface area contributed by atoms with Gasteiger partial charge in [-0.2, -0.15) is 0 Å². The van der Waals surface area contributed by atoms with Crippen molar-refractivity contribution >= 4 is 55.0 Å². The molecule has 1 amide bonds. The molecular weight excluding hydrogens is 306 g/mol. The van der Waals surface area contributed by atoms with Crippen molar-refractivity contribution in [3.05, 3.63) is 54.1 Å². The van der Waals surface area contributed by atoms with Gasteiger partial charge in [-0.05, 0) is 56.6 Å². The largest absolute Gasteiger partial charge is 0.508 e. The van der Waals surface area contributed by atoms with Crippen LogP contribution in [-0.4, -0.2) is 21.8 Å². The lowest BCUT2D eigenvalue weighted by Gasteiger charge is -2.12. The highest BCUT2D eigenvalue weighted by Gasteiger charge is 2.18. The highest BCUT2D eigenvalue weighted by Crippen LogP contribution is 2.37. The van der Waals surface area contributed by atoms with Crippen molar-refractivity contribution in [3.63, 3.8) is 0 Å². The summed E-state index contributed by atoms with van der Waals surface area (Å²) in [6.45, 7) is 0. The first-order chi connectivity index (χ1) is 11.2. The van der Waals surface area contributed by atoms with Gasteiger partial charge in [0.15, 0.2) is 0 Å². The zero-order valence-electron chi connectivity index (χ0n) is 12.0. The number of aromatic hydroxyl groups is 1. The normalized spacial score (nSPS) is 15.1. The molecule has 5 rings (SSSR count). The van der Waals surface area contributed by atoms with Crippen LogP contribution in [0.1, 0.15) is 5.56 Å². The standard InChI is InChI=1S/C19H11NO2S/c21-15-7-12-3-1-10-5-14(19-20-16(22)9-23-19)6-11-2-4-13(8-15)18(12)17(10)11/h1-8,21H,9H2. The SMILES string of the molecule is O=C1CSC(c2cc3ccc4cc(O)cc5ccc(c2)c3c45)=N1. The van der Waals surface area contributed by atoms with Gasteiger partial charge < -0.3 is 5.11 Å². The molecule has 1 aliphatic rings. The zero-order chi connectivity index (χ0) is 15.6. The summed E-state index contributed by atoms with van der Waals surface area (Å²) in [7, 11) is 0. The summed E-state index contributed by atoms with van der Waals surface area (Å²) in [5, 5.41) is 17.4. The molecule has 0 saturated carbocycles. The maximum absolute atomic E-state index is 11.4. The Hall–Kier alpha value is -2.59. The number of hydrogen-bond donors (Lipinski definition) is 1. The Morgan fingerprint density at radius 2 is 1.39 bits per heavy atom. The molecule has 4 aromatic carbocycles. The number of hydrogen-bond acceptors (Lipinski definition) is 3. The Bertz CT molecular complexity index is 1080. The number of amides is 1. The Morgan fingerprint density at radius 3 is 1.87 bits per heavy atom. The minimum atomic E-state index is -0.0643. The van der Waals surface area contributed by atoms with Crippen molar-refractivity contribution in [1.82, 2.24) is 0 Å². The fraction of sp³-hybridized carbons (Fsp3) is 0.0526. The molecule has 0 atom stereocenters. The van der Waals surface area contributed by atoms with E-state index in [1.54, 1.807) is 12.1 Å². The first-order valence-corrected chi connectivity index (χ1v) is 8.34. The Labute approximate surface area is 136 Å². The second kappa shape index (κ2) is 4.46. The smallest absolute Gasteiger partial charge is 0.257 e. The van der Waals surface area contributed by atoms with E-state index in [1.165, 1.54) is 22.5 Å². The average Bonchev–Trinajstić information content (AvgIpc) is 2.98. The molecular formula is C19H11NO2S. The molecule has 0 bridgehead atoms. The monoisotopic (exact) mass is 317 g/mol. The second-order valence-electron chi connectivity index (χ2n) is 5.79. The van der Waals surface area contributed by atoms with Crippen molar-refractivity contribution < 1.29 is 9.90 Å². The van der Waals surface area contributed by atoms with Crippen LogP contribution >= 0.6 is 11.8 Å². The number of phenols is 1. The van der Waals surface area contributed by atoms with Gasteiger partial charge in [-0.3, -0.25) is 4.79 Å². The van der Waals surface area contributed by atoms with Crippen LogP contribution in [0.5, 0.6) is 5.75 Å². The van der Waals surface area contributed by atoms with Crippen LogP contribution in [0.4, 0.5) is 0 Å². The minimum Gasteiger partial charge on any atom is -0.508 e. The van der Waals surface area contributed by atoms with E-state index in [-0.39, 0.29) is 11.7 Å². The molecule has 0 fully saturated rings. The third kappa shape index (κ3) is 1.85. The molecule has 0 unspecified atom stereocenters. The topological polar surface area (TPSA) is 49.7 Å². The van der Waals surface area contributed by atoms with Crippen molar-refractivity contribution in [2.75, 3.05) is 5.75 Å². The zero-order valence-corrected chi connectivity index (χ0v) is 12.9. The Kier molecular flexibility index (Phi) is 2.50. The first kappa shape index (κ1) is 12.9. The highest BCUT2D eigenvalue weighted by molar-refractivity contribution is 8.15. The summed E-state index contributed by atoms with van der Waals surface area (Å²) in [4.78, 5) is 15.5. The molecule has 3 nitrogen and oxygen atoms in total. The lowest BCUT2D eigenvalue weighted by atomic mass is 9.93. The fourth-order valence-corrected chi connectivity index (χ4v) is 4.18. The van der Waals surface area contributed by atoms with E-state index < -0.39 is 0 Å². The number of aliphatic imine (C=N–C) groups is 1. The summed E-state index contributed by atoms with van der Waals surface area (Å²) in [5.41, 5.74) is 0.995. The van der Waals surface area contributed by atoms with Crippen molar-refractivity contribution in [2.24, 2.45) is 4.99 Å². The molecule has 0 aliphatic carbocycles. The maximum atomic E-state index is 11.4. The second-order valence-corrected chi connectivity index (χ2v) is 6.76. The third-order valence-electron chi connectivity index (χ3n) is 4.32. The van der Waals surface area contributed by atoms with Crippen LogP contribution in [0, 0.1) is 0 Å². The van der Waals surface area contributed by atoms with Gasteiger partial charge in [0.25, 0.3) is 5.91 Å². The van der Waals surface area contributed by atoms with Crippen LogP contribution in [0.3, 0.4) is 0 Å². The quantitative estimate of drug-likeness (QED) is 0.532. The molecule has 0 spiro atoms. The number of benzene rings is 4. The lowest BCUT2D eigenvalue weighted by molar-refractivity contribution is -0.115. The summed E-state index contributed by atoms with van der Waals surface area (Å²) < 4.78 is 0. The minimum absolute atomic E-state index is 0.0643. The molecule has 110 valence electrons. The predicted molar refractivity (Wildman–Crippen MR) is 95.8 cm³/mol. The van der Waals surface area contributed by atoms with Crippen molar-refractivity contribution in [3.8, 4) is 5.75 Å². The van der Waals surface area contributed by atoms with Crippen LogP contribution in [0.2, 0.25) is 0 Å². The molecule has 1 aliphatic heterocycles. The van der Waals surface area contributed by atoms with Gasteiger partial charge in [-0.25, -0.2) is 4.99 Å². The number of nitrogens with zero attached hydrogens (tertiary/aromatic N) is 1. The van der Waals surface area contributed by atoms with Gasteiger partial charge in [0.05, 0.1) is 5.75 Å². The number of phenolic OH excluding ortho intramolecular Hbond substituents is 1. The van der Waals surface area contributed by atoms with Gasteiger partial charge in [-0.1, -0.05) is 36.0 Å². The van der Waals surface area contributed by atoms with Crippen molar-refractivity contribution in [1.29, 1.82) is 0 Å². The first-order valence-electron chi connectivity index (χ1n) is 7.35. The van der Waals surface area contributed by atoms with Gasteiger partial charge >= 0.3 is 0 Å². The van der Waals surface area contributed by atoms with Gasteiger partial charge in [0.2, 0.25) is 0 Å². The Morgan fingerprint density at radius 1 is 0.870 bits per heavy atom. The van der Waals surface area contributed by atoms with Crippen LogP contribution in [0.15, 0.2) is 53.5 Å². The molecule has 4 heteroatoms. The predicted octanol–water partition coefficient (Wildman–Crippen LogP) is 4.31. The Balaban J connectivity index is 1.89. The molecule has 23 heavy (non-hydrogen) atoms. The molecule has 1 heterocycles. The van der Waals surface area contributed by atoms with Gasteiger partial charge in [-0.15, -0.1) is 0 Å². The fourth-order valence-electron chi connectivity index (χ4n) is 3.40. The van der Waals surface area contributed by atoms with Crippen molar-refractivity contribution in [2.45, 2.75) is 0 Å². The molecule has 1 N–H and O–H groups in total. The summed E-state index contributed by atoms with van der Waals surface area (Å²) in [6, 6.07) is 16.0. The number of carbonyl (C=O) groups is 1. The maximum Gasteiger partial charge on any atom is 0.257 e. The lowest BCUT2D eigenvalue weighted by Crippen LogP contribution is -1.93. The van der Waals surface area contributed by atoms with E-state index >= 15 is 0 Å². The summed E-state index contributed by atoms with van der Waals surface area (Å²) in [6.07, 6.45) is 0. The molecule has 0 saturated heterocycles. The van der Waals surface area contributed by atoms with E-state index in [4.69, 9.17) is 0 Å². The summed E-state index contributed by atoms with van der Waals surface area (Å²) >= 11 is 1.50. The van der Waals surface area contributed by atoms with Crippen LogP contribution in [0.25, 0.3) is 32.3 Å². The number of thioether (sulfide) groups is 1. The molecule has 0 radical (unpaired) electrons. The van der Waals surface area contributed by atoms with Gasteiger partial charge in [0, 0.05) is 5.56 Å². The third-order valence-corrected chi connectivity index (χ3v) is 5.32. The number of carbonyl (C=O) groups excluding carboxylic acids is 1. The van der Waals surface area contributed by atoms with Crippen LogP contribution < -0.4 is 0 Å². The number of rotatable bonds is 1.